The molecule has 23 heteroatoms. The lowest BCUT2D eigenvalue weighted by molar-refractivity contribution is -0.0616. The molecule has 8 N–H and O–H groups in total. The predicted molar refractivity (Wildman–Crippen MR) is 153 cm³/mol. The lowest BCUT2D eigenvalue weighted by Crippen LogP contribution is -2.38. The summed E-state index contributed by atoms with van der Waals surface area (Å²) in [5.41, 5.74) is 11.9. The molecule has 0 aromatic carbocycles. The van der Waals surface area contributed by atoms with E-state index in [9.17, 15) is 24.6 Å². The standard InChI is InChI=1S/C22H26N10O10P2S/c23-17-10-19(27-4-25-17)31(6-29-10)12-8-1-22(8)3-39-43(35,36)41-15-13(33)9(2-38-44(37,45)42-16(22)14(12)34)40-21(15)32-7-30-11-18(24)26-5-28-20(11)32/h4-9,12-16,21,33-34H,1-3H2,(H,35,36)(H,37,45)(H2,23,25,27)(H2,24,26,28)/t8-,9-,12-,13-,14+,15-,16+,21-,22+,44?/m1/s1. The summed E-state index contributed by atoms with van der Waals surface area (Å²) >= 11 is 5.32. The van der Waals surface area contributed by atoms with Crippen molar-refractivity contribution in [3.63, 3.8) is 0 Å². The molecule has 4 fully saturated rings. The van der Waals surface area contributed by atoms with Gasteiger partial charge in [0.15, 0.2) is 29.2 Å². The van der Waals surface area contributed by atoms with Crippen LogP contribution in [0.2, 0.25) is 0 Å². The van der Waals surface area contributed by atoms with Crippen molar-refractivity contribution in [1.82, 2.24) is 39.0 Å². The molecule has 2 aliphatic heterocycles. The Bertz CT molecular complexity index is 1930. The fourth-order valence-corrected chi connectivity index (χ4v) is 9.21. The molecule has 4 aliphatic rings. The van der Waals surface area contributed by atoms with Crippen LogP contribution in [0.5, 0.6) is 0 Å². The third kappa shape index (κ3) is 4.61. The van der Waals surface area contributed by atoms with Crippen LogP contribution in [0.3, 0.4) is 0 Å². The first-order valence-electron chi connectivity index (χ1n) is 13.6. The number of aliphatic hydroxyl groups is 2. The predicted octanol–water partition coefficient (Wildman–Crippen LogP) is -0.855. The number of phosphoric ester groups is 1. The molecule has 0 amide bonds. The van der Waals surface area contributed by atoms with Crippen molar-refractivity contribution < 1.29 is 47.4 Å². The van der Waals surface area contributed by atoms with E-state index in [2.05, 4.69) is 29.9 Å². The minimum atomic E-state index is -4.93. The number of hydrogen-bond acceptors (Lipinski definition) is 17. The first-order chi connectivity index (χ1) is 21.4. The van der Waals surface area contributed by atoms with E-state index in [1.165, 1.54) is 29.9 Å². The van der Waals surface area contributed by atoms with Crippen molar-refractivity contribution >= 4 is 60.3 Å². The van der Waals surface area contributed by atoms with E-state index in [4.69, 9.17) is 46.1 Å². The number of hydrogen-bond donors (Lipinski definition) is 6. The number of nitrogens with zero attached hydrogens (tertiary/aromatic N) is 8. The monoisotopic (exact) mass is 684 g/mol. The molecule has 4 aromatic heterocycles. The number of aliphatic hydroxyl groups excluding tert-OH is 2. The molecule has 2 unspecified atom stereocenters. The van der Waals surface area contributed by atoms with Crippen LogP contribution in [0.25, 0.3) is 22.3 Å². The largest absolute Gasteiger partial charge is 0.472 e. The fourth-order valence-electron chi connectivity index (χ4n) is 6.73. The van der Waals surface area contributed by atoms with Gasteiger partial charge in [0.25, 0.3) is 0 Å². The van der Waals surface area contributed by atoms with E-state index < -0.39 is 81.9 Å². The Morgan fingerprint density at radius 2 is 1.56 bits per heavy atom. The maximum Gasteiger partial charge on any atom is 0.472 e. The highest BCUT2D eigenvalue weighted by molar-refractivity contribution is 8.07. The van der Waals surface area contributed by atoms with Crippen LogP contribution in [-0.2, 0) is 39.2 Å². The van der Waals surface area contributed by atoms with Crippen LogP contribution in [0, 0.1) is 11.3 Å². The minimum Gasteiger partial charge on any atom is -0.388 e. The second kappa shape index (κ2) is 10.1. The summed E-state index contributed by atoms with van der Waals surface area (Å²) in [6.45, 7) is -5.07. The minimum absolute atomic E-state index is 0.0792. The average molecular weight is 685 g/mol. The summed E-state index contributed by atoms with van der Waals surface area (Å²) < 4.78 is 44.9. The third-order valence-corrected chi connectivity index (χ3v) is 11.4. The Labute approximate surface area is 257 Å². The van der Waals surface area contributed by atoms with Crippen LogP contribution in [-0.4, -0.2) is 103 Å². The number of nitrogens with two attached hydrogens (primary N) is 2. The van der Waals surface area contributed by atoms with E-state index >= 15 is 0 Å². The van der Waals surface area contributed by atoms with E-state index in [0.29, 0.717) is 17.6 Å². The zero-order chi connectivity index (χ0) is 31.5. The van der Waals surface area contributed by atoms with Crippen LogP contribution in [0.4, 0.5) is 11.6 Å². The first-order valence-corrected chi connectivity index (χ1v) is 17.7. The Balaban J connectivity index is 1.14. The Morgan fingerprint density at radius 1 is 0.911 bits per heavy atom. The number of phosphoric acid groups is 1. The van der Waals surface area contributed by atoms with Gasteiger partial charge in [0.2, 0.25) is 0 Å². The number of rotatable bonds is 2. The normalized spacial score (nSPS) is 41.7. The summed E-state index contributed by atoms with van der Waals surface area (Å²) in [6, 6.07) is -0.713. The molecule has 6 heterocycles. The van der Waals surface area contributed by atoms with Gasteiger partial charge in [-0.2, -0.15) is 0 Å². The molecular formula is C22H26N10O10P2S. The van der Waals surface area contributed by atoms with Gasteiger partial charge in [-0.1, -0.05) is 0 Å². The zero-order valence-electron chi connectivity index (χ0n) is 22.8. The van der Waals surface area contributed by atoms with E-state index in [1.54, 1.807) is 4.57 Å². The molecule has 2 bridgehead atoms. The Kier molecular flexibility index (Phi) is 6.65. The maximum absolute atomic E-state index is 13.4. The fraction of sp³-hybridized carbons (Fsp3) is 0.545. The van der Waals surface area contributed by atoms with Crippen molar-refractivity contribution in [2.75, 3.05) is 24.7 Å². The second-order valence-electron chi connectivity index (χ2n) is 11.3. The number of aromatic nitrogens is 8. The molecule has 8 rings (SSSR count). The molecule has 45 heavy (non-hydrogen) atoms. The van der Waals surface area contributed by atoms with Crippen molar-refractivity contribution in [1.29, 1.82) is 0 Å². The molecule has 240 valence electrons. The van der Waals surface area contributed by atoms with Crippen molar-refractivity contribution in [2.24, 2.45) is 11.3 Å². The van der Waals surface area contributed by atoms with Crippen LogP contribution in [0.15, 0.2) is 25.3 Å². The molecule has 2 saturated heterocycles. The molecule has 20 nitrogen and oxygen atoms in total. The number of imidazole rings is 2. The van der Waals surface area contributed by atoms with Crippen LogP contribution in [0.1, 0.15) is 18.7 Å². The van der Waals surface area contributed by atoms with Gasteiger partial charge in [-0.25, -0.2) is 34.5 Å². The zero-order valence-corrected chi connectivity index (χ0v) is 25.4. The quantitative estimate of drug-likeness (QED) is 0.140. The molecule has 4 aromatic rings. The van der Waals surface area contributed by atoms with Crippen LogP contribution >= 0.6 is 14.5 Å². The molecule has 2 saturated carbocycles. The number of fused-ring (bicyclic) bond motifs is 4. The van der Waals surface area contributed by atoms with E-state index in [1.807, 2.05) is 0 Å². The van der Waals surface area contributed by atoms with Gasteiger partial charge in [0.05, 0.1) is 31.9 Å². The summed E-state index contributed by atoms with van der Waals surface area (Å²) in [4.78, 5) is 46.8. The summed E-state index contributed by atoms with van der Waals surface area (Å²) in [7, 11) is -4.93. The van der Waals surface area contributed by atoms with Gasteiger partial charge in [-0.15, -0.1) is 0 Å². The SMILES string of the molecule is Nc1ncnc2c1ncn2[C@H]1[C@H](O)[C@@H]2OP(O)(=S)OC[C@H]3O[C@@H](n4cnc5c(N)ncnc54)[C@H](OP(=O)(O)OC[C@]24C[C@H]14)[C@@H]3O. The van der Waals surface area contributed by atoms with Gasteiger partial charge in [0.1, 0.15) is 54.2 Å². The lowest BCUT2D eigenvalue weighted by atomic mass is 10.0. The lowest BCUT2D eigenvalue weighted by Gasteiger charge is -2.31. The summed E-state index contributed by atoms with van der Waals surface area (Å²) in [6.07, 6.45) is -2.52. The molecular weight excluding hydrogens is 658 g/mol. The number of nitrogen functional groups attached to an aromatic ring is 2. The van der Waals surface area contributed by atoms with Crippen molar-refractivity contribution in [2.45, 2.75) is 49.2 Å². The van der Waals surface area contributed by atoms with Gasteiger partial charge in [-0.3, -0.25) is 13.6 Å². The third-order valence-electron chi connectivity index (χ3n) is 8.90. The molecule has 11 atom stereocenters. The highest BCUT2D eigenvalue weighted by Gasteiger charge is 2.74. The summed E-state index contributed by atoms with van der Waals surface area (Å²) in [5, 5.41) is 22.7. The van der Waals surface area contributed by atoms with E-state index in [0.717, 1.165) is 0 Å². The number of ether oxygens (including phenoxy) is 1. The van der Waals surface area contributed by atoms with Gasteiger partial charge < -0.3 is 49.8 Å². The van der Waals surface area contributed by atoms with Gasteiger partial charge in [0, 0.05) is 5.41 Å². The van der Waals surface area contributed by atoms with Crippen LogP contribution < -0.4 is 11.5 Å². The second-order valence-corrected chi connectivity index (χ2v) is 15.5. The van der Waals surface area contributed by atoms with E-state index in [-0.39, 0.29) is 22.8 Å². The topological polar surface area (TPSA) is 283 Å². The smallest absolute Gasteiger partial charge is 0.388 e. The number of anilines is 2. The summed E-state index contributed by atoms with van der Waals surface area (Å²) in [5.74, 6) is -0.171. The Morgan fingerprint density at radius 3 is 2.24 bits per heavy atom. The maximum atomic E-state index is 13.4. The van der Waals surface area contributed by atoms with Crippen molar-refractivity contribution in [3.8, 4) is 0 Å². The van der Waals surface area contributed by atoms with Crippen molar-refractivity contribution in [3.05, 3.63) is 25.3 Å². The molecule has 0 radical (unpaired) electrons. The Hall–Kier alpha value is -2.78. The molecule has 1 spiro atoms. The first kappa shape index (κ1) is 29.6. The molecule has 2 aliphatic carbocycles. The average Bonchev–Trinajstić information content (AvgIpc) is 3.28. The highest BCUT2D eigenvalue weighted by Crippen LogP contribution is 2.72. The highest BCUT2D eigenvalue weighted by atomic mass is 32.5. The van der Waals surface area contributed by atoms with Gasteiger partial charge in [-0.05, 0) is 24.1 Å². The van der Waals surface area contributed by atoms with Gasteiger partial charge >= 0.3 is 14.5 Å².